The molecule has 3 N–H and O–H groups in total. The van der Waals surface area contributed by atoms with Gasteiger partial charge in [-0.05, 0) is 31.0 Å². The molecule has 0 aliphatic heterocycles. The third kappa shape index (κ3) is 2.83. The summed E-state index contributed by atoms with van der Waals surface area (Å²) in [6, 6.07) is 17.0. The van der Waals surface area contributed by atoms with Crippen LogP contribution in [-0.2, 0) is 10.3 Å². The van der Waals surface area contributed by atoms with Gasteiger partial charge in [-0.25, -0.2) is 0 Å². The minimum absolute atomic E-state index is 0.215. The van der Waals surface area contributed by atoms with E-state index in [-0.39, 0.29) is 5.91 Å². The highest BCUT2D eigenvalue weighted by atomic mass is 16.2. The molecule has 3 heteroatoms. The van der Waals surface area contributed by atoms with E-state index in [9.17, 15) is 4.79 Å². The fourth-order valence-corrected chi connectivity index (χ4v) is 1.88. The van der Waals surface area contributed by atoms with Crippen LogP contribution in [-0.4, -0.2) is 5.91 Å². The van der Waals surface area contributed by atoms with E-state index in [1.165, 1.54) is 0 Å². The van der Waals surface area contributed by atoms with E-state index in [0.717, 1.165) is 16.8 Å². The Kier molecular flexibility index (Phi) is 3.67. The van der Waals surface area contributed by atoms with Gasteiger partial charge in [0, 0.05) is 5.69 Å². The molecule has 1 amide bonds. The van der Waals surface area contributed by atoms with Crippen molar-refractivity contribution in [2.45, 2.75) is 19.4 Å². The first-order valence-corrected chi connectivity index (χ1v) is 6.23. The minimum Gasteiger partial charge on any atom is -0.324 e. The van der Waals surface area contributed by atoms with Gasteiger partial charge in [0.2, 0.25) is 5.91 Å². The van der Waals surface area contributed by atoms with Gasteiger partial charge in [-0.2, -0.15) is 0 Å². The Morgan fingerprint density at radius 1 is 1.05 bits per heavy atom. The molecule has 2 rings (SSSR count). The maximum absolute atomic E-state index is 12.4. The van der Waals surface area contributed by atoms with Gasteiger partial charge in [0.15, 0.2) is 0 Å². The van der Waals surface area contributed by atoms with Crippen molar-refractivity contribution in [3.8, 4) is 0 Å². The first-order chi connectivity index (χ1) is 9.01. The number of hydrogen-bond acceptors (Lipinski definition) is 2. The number of carbonyl (C=O) groups is 1. The Morgan fingerprint density at radius 3 is 2.26 bits per heavy atom. The molecule has 98 valence electrons. The molecule has 0 saturated heterocycles. The summed E-state index contributed by atoms with van der Waals surface area (Å²) in [4.78, 5) is 12.4. The van der Waals surface area contributed by atoms with E-state index in [4.69, 9.17) is 5.73 Å². The molecule has 0 bridgehead atoms. The van der Waals surface area contributed by atoms with Gasteiger partial charge >= 0.3 is 0 Å². The first kappa shape index (κ1) is 13.3. The minimum atomic E-state index is -1.05. The molecule has 0 aliphatic carbocycles. The van der Waals surface area contributed by atoms with E-state index in [0.29, 0.717) is 0 Å². The monoisotopic (exact) mass is 254 g/mol. The average Bonchev–Trinajstić information content (AvgIpc) is 2.42. The van der Waals surface area contributed by atoms with Gasteiger partial charge in [0.05, 0.1) is 0 Å². The van der Waals surface area contributed by atoms with E-state index in [1.807, 2.05) is 61.5 Å². The fraction of sp³-hybridized carbons (Fsp3) is 0.188. The maximum Gasteiger partial charge on any atom is 0.248 e. The molecular weight excluding hydrogens is 236 g/mol. The second-order valence-corrected chi connectivity index (χ2v) is 4.84. The lowest BCUT2D eigenvalue weighted by Gasteiger charge is -2.24. The van der Waals surface area contributed by atoms with Gasteiger partial charge in [-0.3, -0.25) is 4.79 Å². The summed E-state index contributed by atoms with van der Waals surface area (Å²) in [5, 5.41) is 2.89. The summed E-state index contributed by atoms with van der Waals surface area (Å²) in [6.45, 7) is 3.67. The third-order valence-electron chi connectivity index (χ3n) is 3.24. The Bertz CT molecular complexity index is 576. The van der Waals surface area contributed by atoms with Crippen LogP contribution >= 0.6 is 0 Å². The number of para-hydroxylation sites is 1. The highest BCUT2D eigenvalue weighted by Gasteiger charge is 2.30. The van der Waals surface area contributed by atoms with Crippen molar-refractivity contribution in [1.29, 1.82) is 0 Å². The number of aryl methyl sites for hydroxylation is 1. The predicted octanol–water partition coefficient (Wildman–Crippen LogP) is 2.81. The van der Waals surface area contributed by atoms with Crippen LogP contribution in [0.1, 0.15) is 18.1 Å². The molecule has 2 aromatic carbocycles. The van der Waals surface area contributed by atoms with Crippen molar-refractivity contribution < 1.29 is 4.79 Å². The summed E-state index contributed by atoms with van der Waals surface area (Å²) < 4.78 is 0. The Balaban J connectivity index is 2.23. The molecule has 0 saturated carbocycles. The highest BCUT2D eigenvalue weighted by molar-refractivity contribution is 5.98. The Morgan fingerprint density at radius 2 is 1.63 bits per heavy atom. The van der Waals surface area contributed by atoms with Gasteiger partial charge in [-0.15, -0.1) is 0 Å². The largest absolute Gasteiger partial charge is 0.324 e. The predicted molar refractivity (Wildman–Crippen MR) is 77.8 cm³/mol. The zero-order valence-corrected chi connectivity index (χ0v) is 11.2. The van der Waals surface area contributed by atoms with Crippen LogP contribution in [0.25, 0.3) is 0 Å². The van der Waals surface area contributed by atoms with Crippen LogP contribution in [0.5, 0.6) is 0 Å². The number of nitrogens with two attached hydrogens (primary N) is 1. The second-order valence-electron chi connectivity index (χ2n) is 4.84. The summed E-state index contributed by atoms with van der Waals surface area (Å²) in [7, 11) is 0. The van der Waals surface area contributed by atoms with E-state index in [1.54, 1.807) is 6.92 Å². The van der Waals surface area contributed by atoms with E-state index in [2.05, 4.69) is 5.32 Å². The maximum atomic E-state index is 12.4. The Labute approximate surface area is 113 Å². The van der Waals surface area contributed by atoms with Crippen LogP contribution in [0, 0.1) is 6.92 Å². The van der Waals surface area contributed by atoms with Crippen LogP contribution in [0.2, 0.25) is 0 Å². The van der Waals surface area contributed by atoms with Crippen molar-refractivity contribution >= 4 is 11.6 Å². The van der Waals surface area contributed by atoms with Gasteiger partial charge in [-0.1, -0.05) is 48.5 Å². The SMILES string of the molecule is Cc1ccccc1NC(=O)C(C)(N)c1ccccc1. The van der Waals surface area contributed by atoms with Crippen molar-refractivity contribution in [3.63, 3.8) is 0 Å². The molecule has 3 nitrogen and oxygen atoms in total. The number of amides is 1. The molecule has 0 spiro atoms. The fourth-order valence-electron chi connectivity index (χ4n) is 1.88. The number of nitrogens with one attached hydrogen (secondary N) is 1. The second kappa shape index (κ2) is 5.24. The van der Waals surface area contributed by atoms with Crippen molar-refractivity contribution in [1.82, 2.24) is 0 Å². The number of carbonyl (C=O) groups excluding carboxylic acids is 1. The molecule has 19 heavy (non-hydrogen) atoms. The smallest absolute Gasteiger partial charge is 0.248 e. The van der Waals surface area contributed by atoms with E-state index >= 15 is 0 Å². The van der Waals surface area contributed by atoms with Crippen LogP contribution in [0.3, 0.4) is 0 Å². The van der Waals surface area contributed by atoms with Gasteiger partial charge < -0.3 is 11.1 Å². The lowest BCUT2D eigenvalue weighted by molar-refractivity contribution is -0.120. The standard InChI is InChI=1S/C16H18N2O/c1-12-8-6-7-11-14(12)18-15(19)16(2,17)13-9-4-3-5-10-13/h3-11H,17H2,1-2H3,(H,18,19). The normalized spacial score (nSPS) is 13.6. The van der Waals surface area contributed by atoms with E-state index < -0.39 is 5.54 Å². The molecule has 2 aromatic rings. The molecule has 0 aliphatic rings. The molecule has 0 heterocycles. The summed E-state index contributed by atoms with van der Waals surface area (Å²) in [6.07, 6.45) is 0. The topological polar surface area (TPSA) is 55.1 Å². The molecule has 1 atom stereocenters. The molecule has 0 fully saturated rings. The molecular formula is C16H18N2O. The third-order valence-corrected chi connectivity index (χ3v) is 3.24. The Hall–Kier alpha value is -2.13. The summed E-state index contributed by atoms with van der Waals surface area (Å²) in [5.41, 5.74) is 7.71. The lowest BCUT2D eigenvalue weighted by Crippen LogP contribution is -2.45. The zero-order valence-electron chi connectivity index (χ0n) is 11.2. The van der Waals surface area contributed by atoms with Crippen molar-refractivity contribution in [2.24, 2.45) is 5.73 Å². The lowest BCUT2D eigenvalue weighted by atomic mass is 9.92. The average molecular weight is 254 g/mol. The van der Waals surface area contributed by atoms with Crippen LogP contribution in [0.15, 0.2) is 54.6 Å². The number of rotatable bonds is 3. The van der Waals surface area contributed by atoms with Crippen molar-refractivity contribution in [2.75, 3.05) is 5.32 Å². The zero-order chi connectivity index (χ0) is 13.9. The summed E-state index contributed by atoms with van der Waals surface area (Å²) in [5.74, 6) is -0.215. The number of benzene rings is 2. The summed E-state index contributed by atoms with van der Waals surface area (Å²) >= 11 is 0. The van der Waals surface area contributed by atoms with Crippen LogP contribution in [0.4, 0.5) is 5.69 Å². The highest BCUT2D eigenvalue weighted by Crippen LogP contribution is 2.21. The molecule has 1 unspecified atom stereocenters. The van der Waals surface area contributed by atoms with Gasteiger partial charge in [0.1, 0.15) is 5.54 Å². The van der Waals surface area contributed by atoms with Crippen LogP contribution < -0.4 is 11.1 Å². The van der Waals surface area contributed by atoms with Gasteiger partial charge in [0.25, 0.3) is 0 Å². The number of anilines is 1. The first-order valence-electron chi connectivity index (χ1n) is 6.23. The quantitative estimate of drug-likeness (QED) is 0.885. The molecule has 0 aromatic heterocycles. The van der Waals surface area contributed by atoms with Crippen molar-refractivity contribution in [3.05, 3.63) is 65.7 Å². The number of hydrogen-bond donors (Lipinski definition) is 2. The molecule has 0 radical (unpaired) electrons.